The summed E-state index contributed by atoms with van der Waals surface area (Å²) in [4.78, 5) is 17.9. The number of amides is 1. The average molecular weight is 334 g/mol. The molecule has 1 aliphatic rings. The predicted molar refractivity (Wildman–Crippen MR) is 82.8 cm³/mol. The fourth-order valence-corrected chi connectivity index (χ4v) is 3.44. The average Bonchev–Trinajstić information content (AvgIpc) is 2.67. The van der Waals surface area contributed by atoms with Gasteiger partial charge in [-0.3, -0.25) is 4.79 Å². The van der Waals surface area contributed by atoms with Crippen molar-refractivity contribution in [1.29, 1.82) is 0 Å². The highest BCUT2D eigenvalue weighted by Gasteiger charge is 2.22. The SMILES string of the molecule is Cc1nc(Br)c(-c2ccc3c(c2)CCC(=O)N3C)n1C. The Kier molecular flexibility index (Phi) is 3.17. The summed E-state index contributed by atoms with van der Waals surface area (Å²) in [6.07, 6.45) is 1.39. The lowest BCUT2D eigenvalue weighted by Gasteiger charge is -2.26. The summed E-state index contributed by atoms with van der Waals surface area (Å²) in [6.45, 7) is 1.99. The van der Waals surface area contributed by atoms with Gasteiger partial charge in [0.15, 0.2) is 0 Å². The molecule has 0 N–H and O–H groups in total. The summed E-state index contributed by atoms with van der Waals surface area (Å²) in [6, 6.07) is 6.24. The Hall–Kier alpha value is -1.62. The van der Waals surface area contributed by atoms with Gasteiger partial charge in [0.25, 0.3) is 0 Å². The summed E-state index contributed by atoms with van der Waals surface area (Å²) in [5.74, 6) is 1.15. The highest BCUT2D eigenvalue weighted by Crippen LogP contribution is 2.34. The minimum absolute atomic E-state index is 0.183. The van der Waals surface area contributed by atoms with E-state index in [1.807, 2.05) is 27.1 Å². The number of halogens is 1. The third-order valence-corrected chi connectivity index (χ3v) is 4.53. The number of nitrogens with zero attached hydrogens (tertiary/aromatic N) is 3. The van der Waals surface area contributed by atoms with Gasteiger partial charge in [-0.15, -0.1) is 0 Å². The van der Waals surface area contributed by atoms with Crippen LogP contribution in [0.4, 0.5) is 5.69 Å². The van der Waals surface area contributed by atoms with Gasteiger partial charge in [0.05, 0.1) is 5.69 Å². The van der Waals surface area contributed by atoms with Crippen molar-refractivity contribution in [3.8, 4) is 11.3 Å². The highest BCUT2D eigenvalue weighted by molar-refractivity contribution is 9.10. The van der Waals surface area contributed by atoms with Gasteiger partial charge in [0.2, 0.25) is 5.91 Å². The van der Waals surface area contributed by atoms with E-state index in [1.54, 1.807) is 4.90 Å². The van der Waals surface area contributed by atoms with Crippen LogP contribution in [-0.4, -0.2) is 22.5 Å². The summed E-state index contributed by atoms with van der Waals surface area (Å²) in [5.41, 5.74) is 4.43. The number of aromatic nitrogens is 2. The normalized spacial score (nSPS) is 14.6. The van der Waals surface area contributed by atoms with Gasteiger partial charge >= 0.3 is 0 Å². The van der Waals surface area contributed by atoms with Gasteiger partial charge in [0.1, 0.15) is 10.4 Å². The molecule has 0 radical (unpaired) electrons. The topological polar surface area (TPSA) is 38.1 Å². The number of hydrogen-bond acceptors (Lipinski definition) is 2. The minimum Gasteiger partial charge on any atom is -0.330 e. The quantitative estimate of drug-likeness (QED) is 0.804. The zero-order valence-corrected chi connectivity index (χ0v) is 13.4. The molecule has 4 nitrogen and oxygen atoms in total. The van der Waals surface area contributed by atoms with Gasteiger partial charge in [-0.05, 0) is 47.0 Å². The van der Waals surface area contributed by atoms with Crippen LogP contribution in [0, 0.1) is 6.92 Å². The van der Waals surface area contributed by atoms with Gasteiger partial charge in [-0.1, -0.05) is 6.07 Å². The highest BCUT2D eigenvalue weighted by atomic mass is 79.9. The number of rotatable bonds is 1. The molecule has 0 atom stereocenters. The van der Waals surface area contributed by atoms with Crippen LogP contribution in [0.5, 0.6) is 0 Å². The van der Waals surface area contributed by atoms with Crippen molar-refractivity contribution in [2.45, 2.75) is 19.8 Å². The summed E-state index contributed by atoms with van der Waals surface area (Å²) < 4.78 is 2.93. The van der Waals surface area contributed by atoms with E-state index in [1.165, 1.54) is 5.56 Å². The minimum atomic E-state index is 0.183. The fourth-order valence-electron chi connectivity index (χ4n) is 2.69. The standard InChI is InChI=1S/C15H16BrN3O/c1-9-17-15(16)14(18(9)2)11-4-6-12-10(8-11)5-7-13(20)19(12)3/h4,6,8H,5,7H2,1-3H3. The lowest BCUT2D eigenvalue weighted by atomic mass is 9.98. The molecule has 1 aliphatic heterocycles. The molecule has 3 rings (SSSR count). The Bertz CT molecular complexity index is 705. The van der Waals surface area contributed by atoms with E-state index in [9.17, 15) is 4.79 Å². The van der Waals surface area contributed by atoms with E-state index >= 15 is 0 Å². The van der Waals surface area contributed by atoms with E-state index in [0.29, 0.717) is 6.42 Å². The maximum absolute atomic E-state index is 11.7. The second kappa shape index (κ2) is 4.74. The smallest absolute Gasteiger partial charge is 0.227 e. The number of carbonyl (C=O) groups is 1. The lowest BCUT2D eigenvalue weighted by molar-refractivity contribution is -0.118. The van der Waals surface area contributed by atoms with Gasteiger partial charge in [-0.25, -0.2) is 4.98 Å². The molecule has 5 heteroatoms. The molecule has 2 heterocycles. The fraction of sp³-hybridized carbons (Fsp3) is 0.333. The Morgan fingerprint density at radius 2 is 2.00 bits per heavy atom. The van der Waals surface area contributed by atoms with Crippen molar-refractivity contribution in [3.63, 3.8) is 0 Å². The van der Waals surface area contributed by atoms with E-state index in [4.69, 9.17) is 0 Å². The van der Waals surface area contributed by atoms with Crippen molar-refractivity contribution < 1.29 is 4.79 Å². The summed E-state index contributed by atoms with van der Waals surface area (Å²) in [5, 5.41) is 0. The first-order valence-corrected chi connectivity index (χ1v) is 7.37. The Morgan fingerprint density at radius 1 is 1.25 bits per heavy atom. The first-order valence-electron chi connectivity index (χ1n) is 6.57. The van der Waals surface area contributed by atoms with Crippen molar-refractivity contribution in [2.24, 2.45) is 7.05 Å². The molecule has 104 valence electrons. The zero-order chi connectivity index (χ0) is 14.4. The summed E-state index contributed by atoms with van der Waals surface area (Å²) >= 11 is 3.53. The van der Waals surface area contributed by atoms with Crippen LogP contribution < -0.4 is 4.90 Å². The molecule has 0 aliphatic carbocycles. The molecule has 1 aromatic heterocycles. The number of anilines is 1. The van der Waals surface area contributed by atoms with E-state index in [0.717, 1.165) is 33.8 Å². The van der Waals surface area contributed by atoms with Crippen LogP contribution in [0.15, 0.2) is 22.8 Å². The van der Waals surface area contributed by atoms with Crippen LogP contribution in [0.25, 0.3) is 11.3 Å². The molecule has 1 aromatic carbocycles. The van der Waals surface area contributed by atoms with Crippen molar-refractivity contribution in [2.75, 3.05) is 11.9 Å². The van der Waals surface area contributed by atoms with Crippen LogP contribution in [0.3, 0.4) is 0 Å². The maximum atomic E-state index is 11.7. The number of aryl methyl sites for hydroxylation is 2. The Balaban J connectivity index is 2.12. The Labute approximate surface area is 126 Å². The van der Waals surface area contributed by atoms with Gasteiger partial charge in [-0.2, -0.15) is 0 Å². The lowest BCUT2D eigenvalue weighted by Crippen LogP contribution is -2.31. The van der Waals surface area contributed by atoms with Crippen LogP contribution in [0.2, 0.25) is 0 Å². The number of fused-ring (bicyclic) bond motifs is 1. The first kappa shape index (κ1) is 13.4. The largest absolute Gasteiger partial charge is 0.330 e. The monoisotopic (exact) mass is 333 g/mol. The predicted octanol–water partition coefficient (Wildman–Crippen LogP) is 3.07. The van der Waals surface area contributed by atoms with Crippen LogP contribution >= 0.6 is 15.9 Å². The Morgan fingerprint density at radius 3 is 2.65 bits per heavy atom. The molecule has 0 spiro atoms. The number of benzene rings is 1. The summed E-state index contributed by atoms with van der Waals surface area (Å²) in [7, 11) is 3.85. The molecule has 0 saturated carbocycles. The van der Waals surface area contributed by atoms with Gasteiger partial charge < -0.3 is 9.47 Å². The molecule has 0 bridgehead atoms. The molecular formula is C15H16BrN3O. The third-order valence-electron chi connectivity index (χ3n) is 3.97. The second-order valence-corrected chi connectivity index (χ2v) is 5.90. The van der Waals surface area contributed by atoms with E-state index in [-0.39, 0.29) is 5.91 Å². The number of hydrogen-bond donors (Lipinski definition) is 0. The van der Waals surface area contributed by atoms with Crippen molar-refractivity contribution >= 4 is 27.5 Å². The number of carbonyl (C=O) groups excluding carboxylic acids is 1. The second-order valence-electron chi connectivity index (χ2n) is 5.15. The molecule has 0 saturated heterocycles. The van der Waals surface area contributed by atoms with Crippen molar-refractivity contribution in [1.82, 2.24) is 9.55 Å². The first-order chi connectivity index (χ1) is 9.49. The molecule has 1 amide bonds. The molecular weight excluding hydrogens is 318 g/mol. The number of imidazole rings is 1. The van der Waals surface area contributed by atoms with Gasteiger partial charge in [0, 0.05) is 31.8 Å². The molecule has 0 fully saturated rings. The zero-order valence-electron chi connectivity index (χ0n) is 11.8. The third kappa shape index (κ3) is 1.97. The van der Waals surface area contributed by atoms with E-state index < -0.39 is 0 Å². The van der Waals surface area contributed by atoms with E-state index in [2.05, 4.69) is 37.6 Å². The van der Waals surface area contributed by atoms with Crippen LogP contribution in [0.1, 0.15) is 17.8 Å². The van der Waals surface area contributed by atoms with Crippen LogP contribution in [-0.2, 0) is 18.3 Å². The van der Waals surface area contributed by atoms with Crippen molar-refractivity contribution in [3.05, 3.63) is 34.2 Å². The maximum Gasteiger partial charge on any atom is 0.227 e. The molecule has 20 heavy (non-hydrogen) atoms. The molecule has 0 unspecified atom stereocenters. The molecule has 2 aromatic rings.